The summed E-state index contributed by atoms with van der Waals surface area (Å²) in [5.74, 6) is -0.134. The van der Waals surface area contributed by atoms with Crippen LogP contribution in [-0.4, -0.2) is 6.21 Å². The first-order valence-corrected chi connectivity index (χ1v) is 6.78. The van der Waals surface area contributed by atoms with Gasteiger partial charge in [0.25, 0.3) is 0 Å². The van der Waals surface area contributed by atoms with Crippen molar-refractivity contribution < 1.29 is 5.11 Å². The van der Waals surface area contributed by atoms with Crippen molar-refractivity contribution in [3.05, 3.63) is 50.4 Å². The van der Waals surface area contributed by atoms with E-state index < -0.39 is 0 Å². The summed E-state index contributed by atoms with van der Waals surface area (Å²) in [6, 6.07) is 8.18. The van der Waals surface area contributed by atoms with Crippen LogP contribution in [0.4, 0.5) is 11.4 Å². The normalized spacial score (nSPS) is 11.1. The molecule has 0 atom stereocenters. The molecular weight excluding hydrogens is 351 g/mol. The van der Waals surface area contributed by atoms with E-state index in [2.05, 4.69) is 20.9 Å². The molecule has 0 spiro atoms. The van der Waals surface area contributed by atoms with E-state index in [9.17, 15) is 5.11 Å². The summed E-state index contributed by atoms with van der Waals surface area (Å²) in [6.07, 6.45) is 1.45. The van der Waals surface area contributed by atoms with E-state index in [1.165, 1.54) is 12.3 Å². The van der Waals surface area contributed by atoms with Crippen molar-refractivity contribution >= 4 is 56.7 Å². The predicted molar refractivity (Wildman–Crippen MR) is 81.7 cm³/mol. The second kappa shape index (κ2) is 5.82. The number of nitrogens with two attached hydrogens (primary N) is 1. The number of hydrogen-bond donors (Lipinski definition) is 1. The molecule has 2 N–H and O–H groups in total. The minimum Gasteiger partial charge on any atom is -0.871 e. The second-order valence-electron chi connectivity index (χ2n) is 3.74. The number of rotatable bonds is 2. The monoisotopic (exact) mass is 357 g/mol. The van der Waals surface area contributed by atoms with Crippen molar-refractivity contribution in [3.8, 4) is 5.75 Å². The van der Waals surface area contributed by atoms with Crippen LogP contribution in [0.1, 0.15) is 5.56 Å². The molecule has 0 radical (unpaired) electrons. The number of hydrogen-bond acceptors (Lipinski definition) is 3. The molecule has 0 aliphatic heterocycles. The Hall–Kier alpha value is -1.23. The molecule has 0 unspecified atom stereocenters. The van der Waals surface area contributed by atoms with E-state index in [1.54, 1.807) is 24.3 Å². The highest BCUT2D eigenvalue weighted by Gasteiger charge is 2.03. The zero-order chi connectivity index (χ0) is 14.0. The molecule has 0 saturated heterocycles. The molecule has 2 rings (SSSR count). The third-order valence-corrected chi connectivity index (χ3v) is 3.76. The van der Waals surface area contributed by atoms with Gasteiger partial charge in [0, 0.05) is 10.7 Å². The Morgan fingerprint density at radius 1 is 1.21 bits per heavy atom. The van der Waals surface area contributed by atoms with Crippen LogP contribution in [0.3, 0.4) is 0 Å². The number of nitrogens with zero attached hydrogens (tertiary/aromatic N) is 1. The van der Waals surface area contributed by atoms with Crippen molar-refractivity contribution in [1.29, 1.82) is 0 Å². The highest BCUT2D eigenvalue weighted by Crippen LogP contribution is 2.32. The Balaban J connectivity index is 2.38. The number of halogens is 3. The summed E-state index contributed by atoms with van der Waals surface area (Å²) in [4.78, 5) is 4.17. The lowest BCUT2D eigenvalue weighted by Gasteiger charge is -2.11. The van der Waals surface area contributed by atoms with Crippen molar-refractivity contribution in [2.45, 2.75) is 0 Å². The smallest absolute Gasteiger partial charge is 0.0875 e. The number of benzene rings is 2. The first-order valence-electron chi connectivity index (χ1n) is 5.23. The van der Waals surface area contributed by atoms with E-state index in [0.29, 0.717) is 31.5 Å². The maximum atomic E-state index is 11.8. The van der Waals surface area contributed by atoms with Crippen LogP contribution in [-0.2, 0) is 0 Å². The Morgan fingerprint density at radius 3 is 2.63 bits per heavy atom. The van der Waals surface area contributed by atoms with Crippen molar-refractivity contribution in [1.82, 2.24) is 0 Å². The second-order valence-corrected chi connectivity index (χ2v) is 5.41. The van der Waals surface area contributed by atoms with Crippen LogP contribution in [0, 0.1) is 0 Å². The molecule has 19 heavy (non-hydrogen) atoms. The lowest BCUT2D eigenvalue weighted by atomic mass is 10.2. The van der Waals surface area contributed by atoms with Gasteiger partial charge in [-0.15, -0.1) is 0 Å². The predicted octanol–water partition coefficient (Wildman–Crippen LogP) is 4.16. The summed E-state index contributed by atoms with van der Waals surface area (Å²) >= 11 is 14.9. The fraction of sp³-hybridized carbons (Fsp3) is 0. The van der Waals surface area contributed by atoms with Crippen LogP contribution >= 0.6 is 39.1 Å². The minimum absolute atomic E-state index is 0.134. The van der Waals surface area contributed by atoms with E-state index in [-0.39, 0.29) is 5.75 Å². The van der Waals surface area contributed by atoms with Gasteiger partial charge in [0.1, 0.15) is 0 Å². The SMILES string of the molecule is Nc1cc(Cl)c(Cl)cc1N=Cc1cccc(Br)c1[O-]. The van der Waals surface area contributed by atoms with Crippen LogP contribution in [0.5, 0.6) is 5.75 Å². The Morgan fingerprint density at radius 2 is 1.89 bits per heavy atom. The highest BCUT2D eigenvalue weighted by molar-refractivity contribution is 9.10. The van der Waals surface area contributed by atoms with E-state index in [1.807, 2.05) is 0 Å². The van der Waals surface area contributed by atoms with Gasteiger partial charge in [0.2, 0.25) is 0 Å². The van der Waals surface area contributed by atoms with Gasteiger partial charge in [-0.05, 0) is 23.8 Å². The highest BCUT2D eigenvalue weighted by atomic mass is 79.9. The van der Waals surface area contributed by atoms with Gasteiger partial charge in [-0.1, -0.05) is 57.0 Å². The van der Waals surface area contributed by atoms with Gasteiger partial charge in [-0.3, -0.25) is 4.99 Å². The first-order chi connectivity index (χ1) is 8.99. The Bertz CT molecular complexity index is 659. The van der Waals surface area contributed by atoms with Crippen molar-refractivity contribution in [2.24, 2.45) is 4.99 Å². The number of para-hydroxylation sites is 1. The summed E-state index contributed by atoms with van der Waals surface area (Å²) < 4.78 is 0.485. The maximum absolute atomic E-state index is 11.8. The van der Waals surface area contributed by atoms with Crippen molar-refractivity contribution in [2.75, 3.05) is 5.73 Å². The van der Waals surface area contributed by atoms with Crippen LogP contribution in [0.25, 0.3) is 0 Å². The quantitative estimate of drug-likeness (QED) is 0.647. The third-order valence-electron chi connectivity index (χ3n) is 2.41. The molecule has 0 aromatic heterocycles. The van der Waals surface area contributed by atoms with Gasteiger partial charge in [0.15, 0.2) is 0 Å². The standard InChI is InChI=1S/C13H9BrCl2N2O/c14-8-3-1-2-7(13(8)19)6-18-12-5-10(16)9(15)4-11(12)17/h1-6,19H,17H2/p-1. The molecule has 3 nitrogen and oxygen atoms in total. The molecule has 6 heteroatoms. The van der Waals surface area contributed by atoms with Crippen LogP contribution < -0.4 is 10.8 Å². The largest absolute Gasteiger partial charge is 0.871 e. The molecule has 0 heterocycles. The third kappa shape index (κ3) is 3.21. The zero-order valence-corrected chi connectivity index (χ0v) is 12.6. The average Bonchev–Trinajstić information content (AvgIpc) is 2.37. The molecule has 0 amide bonds. The van der Waals surface area contributed by atoms with Gasteiger partial charge in [-0.25, -0.2) is 0 Å². The average molecular weight is 359 g/mol. The fourth-order valence-corrected chi connectivity index (χ4v) is 2.14. The first kappa shape index (κ1) is 14.2. The molecule has 0 aliphatic carbocycles. The molecule has 0 fully saturated rings. The van der Waals surface area contributed by atoms with Crippen LogP contribution in [0.15, 0.2) is 39.8 Å². The molecule has 2 aromatic rings. The number of anilines is 1. The maximum Gasteiger partial charge on any atom is 0.0875 e. The lowest BCUT2D eigenvalue weighted by molar-refractivity contribution is -0.269. The van der Waals surface area contributed by atoms with Gasteiger partial charge in [0.05, 0.1) is 21.4 Å². The molecule has 2 aromatic carbocycles. The Kier molecular flexibility index (Phi) is 4.34. The number of aliphatic imine (C=N–C) groups is 1. The van der Waals surface area contributed by atoms with Crippen molar-refractivity contribution in [3.63, 3.8) is 0 Å². The number of nitrogen functional groups attached to an aromatic ring is 1. The molecule has 98 valence electrons. The fourth-order valence-electron chi connectivity index (χ4n) is 1.43. The molecule has 0 aliphatic rings. The summed E-state index contributed by atoms with van der Waals surface area (Å²) in [6.45, 7) is 0. The van der Waals surface area contributed by atoms with Gasteiger partial charge in [-0.2, -0.15) is 0 Å². The topological polar surface area (TPSA) is 61.4 Å². The van der Waals surface area contributed by atoms with Gasteiger partial charge < -0.3 is 10.8 Å². The van der Waals surface area contributed by atoms with E-state index >= 15 is 0 Å². The zero-order valence-electron chi connectivity index (χ0n) is 9.53. The van der Waals surface area contributed by atoms with Gasteiger partial charge >= 0.3 is 0 Å². The summed E-state index contributed by atoms with van der Waals surface area (Å²) in [7, 11) is 0. The summed E-state index contributed by atoms with van der Waals surface area (Å²) in [5.41, 5.74) is 7.10. The molecular formula is C13H8BrCl2N2O-. The summed E-state index contributed by atoms with van der Waals surface area (Å²) in [5, 5.41) is 12.5. The minimum atomic E-state index is -0.134. The molecule has 0 bridgehead atoms. The van der Waals surface area contributed by atoms with E-state index in [4.69, 9.17) is 28.9 Å². The lowest BCUT2D eigenvalue weighted by Crippen LogP contribution is -1.97. The Labute approximate surface area is 128 Å². The van der Waals surface area contributed by atoms with Crippen LogP contribution in [0.2, 0.25) is 10.0 Å². The molecule has 0 saturated carbocycles. The van der Waals surface area contributed by atoms with E-state index in [0.717, 1.165) is 0 Å².